The van der Waals surface area contributed by atoms with Crippen molar-refractivity contribution in [3.63, 3.8) is 0 Å². The third-order valence-corrected chi connectivity index (χ3v) is 16.7. The first-order valence-electron chi connectivity index (χ1n) is 34.6. The summed E-state index contributed by atoms with van der Waals surface area (Å²) in [5, 5.41) is 14.1. The van der Waals surface area contributed by atoms with Crippen molar-refractivity contribution in [2.75, 3.05) is 40.9 Å². The van der Waals surface area contributed by atoms with Crippen LogP contribution in [0.25, 0.3) is 0 Å². The highest BCUT2D eigenvalue weighted by Crippen LogP contribution is 2.38. The van der Waals surface area contributed by atoms with Crippen LogP contribution in [0.1, 0.15) is 335 Å². The van der Waals surface area contributed by atoms with Gasteiger partial charge in [-0.1, -0.05) is 331 Å². The SMILES string of the molecule is CC/C=C\C/C=C\C/C=C\C/C=C\C/C=C\CCCCCCCCCCCCCCCCCC(=O)NC(COP(=O)([O-])OCC[N+](C)(C)C)C(O)CCCCCCCCCCCCCCCCCCCCCCCCCCCCC. The van der Waals surface area contributed by atoms with Gasteiger partial charge in [0, 0.05) is 6.42 Å². The van der Waals surface area contributed by atoms with Crippen molar-refractivity contribution in [3.8, 4) is 0 Å². The van der Waals surface area contributed by atoms with Gasteiger partial charge in [0.2, 0.25) is 5.91 Å². The molecule has 8 nitrogen and oxygen atoms in total. The van der Waals surface area contributed by atoms with E-state index in [1.54, 1.807) is 0 Å². The normalized spacial score (nSPS) is 14.0. The molecule has 3 unspecified atom stereocenters. The molecule has 0 aromatic carbocycles. The van der Waals surface area contributed by atoms with Crippen LogP contribution in [-0.2, 0) is 18.4 Å². The number of phosphoric acid groups is 1. The van der Waals surface area contributed by atoms with E-state index in [0.717, 1.165) is 70.6 Å². The molecule has 0 aliphatic heterocycles. The summed E-state index contributed by atoms with van der Waals surface area (Å²) < 4.78 is 23.5. The lowest BCUT2D eigenvalue weighted by molar-refractivity contribution is -0.870. The van der Waals surface area contributed by atoms with Crippen LogP contribution < -0.4 is 10.2 Å². The third-order valence-electron chi connectivity index (χ3n) is 15.8. The highest BCUT2D eigenvalue weighted by Gasteiger charge is 2.24. The van der Waals surface area contributed by atoms with Crippen molar-refractivity contribution in [3.05, 3.63) is 60.8 Å². The fraction of sp³-hybridized carbons (Fsp3) is 0.845. The number of hydrogen-bond acceptors (Lipinski definition) is 6. The molecule has 0 rings (SSSR count). The molecule has 0 aromatic heterocycles. The molecule has 2 N–H and O–H groups in total. The summed E-state index contributed by atoms with van der Waals surface area (Å²) in [5.74, 6) is -0.161. The predicted molar refractivity (Wildman–Crippen MR) is 348 cm³/mol. The Morgan fingerprint density at radius 1 is 0.450 bits per heavy atom. The monoisotopic (exact) mass is 1140 g/mol. The van der Waals surface area contributed by atoms with E-state index < -0.39 is 20.0 Å². The van der Waals surface area contributed by atoms with Gasteiger partial charge in [0.05, 0.1) is 39.9 Å². The van der Waals surface area contributed by atoms with Crippen molar-refractivity contribution in [1.29, 1.82) is 0 Å². The average molecular weight is 1140 g/mol. The first kappa shape index (κ1) is 78.2. The third kappa shape index (κ3) is 63.8. The van der Waals surface area contributed by atoms with Gasteiger partial charge in [0.15, 0.2) is 0 Å². The molecule has 0 fully saturated rings. The molecule has 0 saturated carbocycles. The number of rotatable bonds is 64. The van der Waals surface area contributed by atoms with E-state index in [4.69, 9.17) is 9.05 Å². The number of carbonyl (C=O) groups excluding carboxylic acids is 1. The number of phosphoric ester groups is 1. The second-order valence-electron chi connectivity index (χ2n) is 24.9. The quantitative estimate of drug-likeness (QED) is 0.0272. The number of nitrogens with one attached hydrogen (secondary N) is 1. The van der Waals surface area contributed by atoms with Crippen molar-refractivity contribution in [2.45, 2.75) is 347 Å². The highest BCUT2D eigenvalue weighted by atomic mass is 31.2. The number of nitrogens with zero attached hydrogens (tertiary/aromatic N) is 1. The number of quaternary nitrogens is 1. The van der Waals surface area contributed by atoms with Gasteiger partial charge in [-0.25, -0.2) is 0 Å². The number of hydrogen-bond donors (Lipinski definition) is 2. The molecule has 0 bridgehead atoms. The maximum absolute atomic E-state index is 13.1. The fourth-order valence-electron chi connectivity index (χ4n) is 10.4. The van der Waals surface area contributed by atoms with Gasteiger partial charge in [-0.2, -0.15) is 0 Å². The summed E-state index contributed by atoms with van der Waals surface area (Å²) in [6.07, 6.45) is 84.3. The van der Waals surface area contributed by atoms with Gasteiger partial charge in [0.25, 0.3) is 7.82 Å². The Kier molecular flexibility index (Phi) is 60.4. The summed E-state index contributed by atoms with van der Waals surface area (Å²) in [6.45, 7) is 4.65. The molecular weight excluding hydrogens is 1010 g/mol. The molecule has 0 aliphatic carbocycles. The number of aliphatic hydroxyl groups excluding tert-OH is 1. The average Bonchev–Trinajstić information content (AvgIpc) is 3.42. The van der Waals surface area contributed by atoms with Crippen LogP contribution in [0.15, 0.2) is 60.8 Å². The van der Waals surface area contributed by atoms with Crippen LogP contribution in [0.2, 0.25) is 0 Å². The van der Waals surface area contributed by atoms with Gasteiger partial charge in [0.1, 0.15) is 13.2 Å². The van der Waals surface area contributed by atoms with Gasteiger partial charge in [-0.15, -0.1) is 0 Å². The minimum atomic E-state index is -4.58. The number of unbranched alkanes of at least 4 members (excludes halogenated alkanes) is 41. The van der Waals surface area contributed by atoms with Crippen LogP contribution >= 0.6 is 7.82 Å². The zero-order valence-corrected chi connectivity index (χ0v) is 54.7. The van der Waals surface area contributed by atoms with Crippen LogP contribution in [0.4, 0.5) is 0 Å². The fourth-order valence-corrected chi connectivity index (χ4v) is 11.1. The van der Waals surface area contributed by atoms with Gasteiger partial charge in [-0.05, 0) is 57.8 Å². The summed E-state index contributed by atoms with van der Waals surface area (Å²) in [5.41, 5.74) is 0. The molecule has 0 spiro atoms. The number of likely N-dealkylation sites (N-methyl/N-ethyl adjacent to an activating group) is 1. The maximum atomic E-state index is 13.1. The van der Waals surface area contributed by atoms with Crippen LogP contribution in [0, 0.1) is 0 Å². The highest BCUT2D eigenvalue weighted by molar-refractivity contribution is 7.45. The molecule has 9 heteroatoms. The Morgan fingerprint density at radius 2 is 0.762 bits per heavy atom. The van der Waals surface area contributed by atoms with Crippen molar-refractivity contribution >= 4 is 13.7 Å². The lowest BCUT2D eigenvalue weighted by Gasteiger charge is -2.30. The standard InChI is InChI=1S/C71H135N2O6P/c1-6-8-10-12-14-16-18-20-22-24-26-28-30-32-34-35-36-37-39-41-43-45-47-49-51-53-55-57-59-61-63-65-71(75)72-69(68-79-80(76,77)78-67-66-73(3,4)5)70(74)64-62-60-58-56-54-52-50-48-46-44-42-40-38-33-31-29-27-25-23-21-19-17-15-13-11-9-7-2/h8,10,14,16,20,22,26,28,32,34,69-70,74H,6-7,9,11-13,15,17-19,21,23-25,27,29-31,33,35-68H2,1-5H3,(H-,72,75,76,77)/b10-8-,16-14-,22-20-,28-26-,34-32-. The molecule has 0 radical (unpaired) electrons. The lowest BCUT2D eigenvalue weighted by atomic mass is 10.0. The summed E-state index contributed by atoms with van der Waals surface area (Å²) in [4.78, 5) is 25.7. The smallest absolute Gasteiger partial charge is 0.268 e. The van der Waals surface area contributed by atoms with Crippen LogP contribution in [0.5, 0.6) is 0 Å². The topological polar surface area (TPSA) is 108 Å². The summed E-state index contributed by atoms with van der Waals surface area (Å²) in [6, 6.07) is -0.804. The minimum Gasteiger partial charge on any atom is -0.756 e. The maximum Gasteiger partial charge on any atom is 0.268 e. The number of carbonyl (C=O) groups is 1. The minimum absolute atomic E-state index is 0.0120. The number of amides is 1. The molecule has 0 saturated heterocycles. The number of allylic oxidation sites excluding steroid dienone is 10. The van der Waals surface area contributed by atoms with E-state index in [9.17, 15) is 19.4 Å². The van der Waals surface area contributed by atoms with Crippen molar-refractivity contribution < 1.29 is 32.9 Å². The second kappa shape index (κ2) is 61.8. The Bertz CT molecular complexity index is 1490. The Morgan fingerprint density at radius 3 is 1.11 bits per heavy atom. The first-order valence-corrected chi connectivity index (χ1v) is 36.1. The van der Waals surface area contributed by atoms with E-state index in [1.165, 1.54) is 238 Å². The summed E-state index contributed by atoms with van der Waals surface area (Å²) in [7, 11) is 1.31. The Balaban J connectivity index is 4.04. The van der Waals surface area contributed by atoms with Gasteiger partial charge < -0.3 is 28.8 Å². The van der Waals surface area contributed by atoms with Crippen LogP contribution in [-0.4, -0.2) is 68.5 Å². The lowest BCUT2D eigenvalue weighted by Crippen LogP contribution is -2.46. The molecule has 0 heterocycles. The first-order chi connectivity index (χ1) is 39.0. The Labute approximate surface area is 498 Å². The zero-order chi connectivity index (χ0) is 58.4. The largest absolute Gasteiger partial charge is 0.756 e. The van der Waals surface area contributed by atoms with Crippen molar-refractivity contribution in [2.24, 2.45) is 0 Å². The van der Waals surface area contributed by atoms with E-state index in [0.29, 0.717) is 23.9 Å². The predicted octanol–water partition coefficient (Wildman–Crippen LogP) is 21.4. The van der Waals surface area contributed by atoms with E-state index >= 15 is 0 Å². The molecule has 1 amide bonds. The summed E-state index contributed by atoms with van der Waals surface area (Å²) >= 11 is 0. The molecule has 80 heavy (non-hydrogen) atoms. The zero-order valence-electron chi connectivity index (χ0n) is 53.8. The molecular formula is C71H135N2O6P. The number of aliphatic hydroxyl groups is 1. The van der Waals surface area contributed by atoms with E-state index in [2.05, 4.69) is 79.9 Å². The van der Waals surface area contributed by atoms with Crippen molar-refractivity contribution in [1.82, 2.24) is 5.32 Å². The van der Waals surface area contributed by atoms with Crippen LogP contribution in [0.3, 0.4) is 0 Å². The van der Waals surface area contributed by atoms with E-state index in [-0.39, 0.29) is 19.1 Å². The van der Waals surface area contributed by atoms with E-state index in [1.807, 2.05) is 21.1 Å². The van der Waals surface area contributed by atoms with Gasteiger partial charge >= 0.3 is 0 Å². The molecule has 0 aliphatic rings. The molecule has 0 aromatic rings. The molecule has 3 atom stereocenters. The van der Waals surface area contributed by atoms with Gasteiger partial charge in [-0.3, -0.25) is 9.36 Å². The second-order valence-corrected chi connectivity index (χ2v) is 26.3. The molecule has 470 valence electrons. The Hall–Kier alpha value is -1.80.